The van der Waals surface area contributed by atoms with E-state index >= 15 is 0 Å². The first-order valence-electron chi connectivity index (χ1n) is 9.60. The van der Waals surface area contributed by atoms with Crippen molar-refractivity contribution in [2.24, 2.45) is 5.41 Å². The lowest BCUT2D eigenvalue weighted by Crippen LogP contribution is -2.33. The molecule has 0 aliphatic heterocycles. The first kappa shape index (κ1) is 20.5. The molecule has 2 rings (SSSR count). The van der Waals surface area contributed by atoms with Gasteiger partial charge in [0.1, 0.15) is 0 Å². The quantitative estimate of drug-likeness (QED) is 0.488. The zero-order chi connectivity index (χ0) is 18.7. The van der Waals surface area contributed by atoms with E-state index in [1.165, 1.54) is 11.4 Å². The monoisotopic (exact) mass is 355 g/mol. The van der Waals surface area contributed by atoms with Gasteiger partial charge in [-0.15, -0.1) is 0 Å². The van der Waals surface area contributed by atoms with Crippen molar-refractivity contribution in [3.63, 3.8) is 0 Å². The maximum atomic E-state index is 5.55. The molecule has 0 spiro atoms. The first-order valence-corrected chi connectivity index (χ1v) is 9.60. The summed E-state index contributed by atoms with van der Waals surface area (Å²) in [5.41, 5.74) is 2.58. The average molecular weight is 356 g/mol. The zero-order valence-corrected chi connectivity index (χ0v) is 16.5. The van der Waals surface area contributed by atoms with Gasteiger partial charge in [-0.25, -0.2) is 0 Å². The van der Waals surface area contributed by atoms with Gasteiger partial charge in [-0.2, -0.15) is 0 Å². The Hall–Kier alpha value is -1.84. The van der Waals surface area contributed by atoms with Crippen LogP contribution in [0.4, 0.5) is 11.4 Å². The van der Waals surface area contributed by atoms with Crippen molar-refractivity contribution in [1.82, 2.24) is 0 Å². The van der Waals surface area contributed by atoms with Gasteiger partial charge in [-0.3, -0.25) is 0 Å². The predicted molar refractivity (Wildman–Crippen MR) is 110 cm³/mol. The minimum Gasteiger partial charge on any atom is -0.384 e. The van der Waals surface area contributed by atoms with Crippen molar-refractivity contribution in [3.8, 4) is 0 Å². The highest BCUT2D eigenvalue weighted by atomic mass is 16.5. The average Bonchev–Trinajstić information content (AvgIpc) is 2.67. The molecule has 2 aromatic rings. The fourth-order valence-electron chi connectivity index (χ4n) is 3.83. The van der Waals surface area contributed by atoms with Crippen LogP contribution in [0.15, 0.2) is 60.7 Å². The lowest BCUT2D eigenvalue weighted by atomic mass is 9.80. The van der Waals surface area contributed by atoms with Gasteiger partial charge in [-0.05, 0) is 43.5 Å². The molecule has 0 saturated heterocycles. The number of hydrogen-bond acceptors (Lipinski definition) is 3. The molecule has 0 fully saturated rings. The Bertz CT molecular complexity index is 544. The van der Waals surface area contributed by atoms with Crippen molar-refractivity contribution in [3.05, 3.63) is 60.7 Å². The Morgan fingerprint density at radius 1 is 0.769 bits per heavy atom. The Kier molecular flexibility index (Phi) is 8.66. The summed E-state index contributed by atoms with van der Waals surface area (Å²) < 4.78 is 11.1. The van der Waals surface area contributed by atoms with E-state index in [4.69, 9.17) is 9.47 Å². The Morgan fingerprint density at radius 2 is 1.27 bits per heavy atom. The van der Waals surface area contributed by atoms with Crippen LogP contribution in [0, 0.1) is 5.41 Å². The van der Waals surface area contributed by atoms with Crippen LogP contribution in [0.1, 0.15) is 32.6 Å². The number of anilines is 2. The number of para-hydroxylation sites is 2. The van der Waals surface area contributed by atoms with E-state index in [0.29, 0.717) is 0 Å². The minimum atomic E-state index is 0.108. The molecule has 0 heterocycles. The van der Waals surface area contributed by atoms with Crippen LogP contribution < -0.4 is 4.90 Å². The Balaban J connectivity index is 2.11. The van der Waals surface area contributed by atoms with E-state index in [9.17, 15) is 0 Å². The number of methoxy groups -OCH3 is 2. The van der Waals surface area contributed by atoms with Crippen LogP contribution in [0.5, 0.6) is 0 Å². The zero-order valence-electron chi connectivity index (χ0n) is 16.5. The van der Waals surface area contributed by atoms with Crippen LogP contribution in [-0.2, 0) is 9.47 Å². The maximum Gasteiger partial charge on any atom is 0.0540 e. The lowest BCUT2D eigenvalue weighted by molar-refractivity contribution is -0.00258. The van der Waals surface area contributed by atoms with Gasteiger partial charge in [0, 0.05) is 37.6 Å². The summed E-state index contributed by atoms with van der Waals surface area (Å²) in [6, 6.07) is 21.2. The van der Waals surface area contributed by atoms with Gasteiger partial charge >= 0.3 is 0 Å². The van der Waals surface area contributed by atoms with E-state index in [0.717, 1.165) is 45.4 Å². The second kappa shape index (κ2) is 11.0. The third-order valence-electron chi connectivity index (χ3n) is 4.91. The molecule has 0 atom stereocenters. The summed E-state index contributed by atoms with van der Waals surface area (Å²) in [6.07, 6.45) is 4.47. The SMILES string of the molecule is CCCC(CCCN(c1ccccc1)c1ccccc1)(COC)COC. The summed E-state index contributed by atoms with van der Waals surface area (Å²) in [4.78, 5) is 2.40. The van der Waals surface area contributed by atoms with E-state index in [1.807, 2.05) is 0 Å². The first-order chi connectivity index (χ1) is 12.7. The molecule has 3 heteroatoms. The second-order valence-corrected chi connectivity index (χ2v) is 7.04. The molecule has 0 aliphatic carbocycles. The summed E-state index contributed by atoms with van der Waals surface area (Å²) in [5.74, 6) is 0. The van der Waals surface area contributed by atoms with E-state index in [-0.39, 0.29) is 5.41 Å². The molecule has 0 bridgehead atoms. The van der Waals surface area contributed by atoms with Gasteiger partial charge in [0.25, 0.3) is 0 Å². The number of ether oxygens (including phenoxy) is 2. The molecule has 0 aromatic heterocycles. The van der Waals surface area contributed by atoms with Crippen LogP contribution in [0.2, 0.25) is 0 Å². The fourth-order valence-corrected chi connectivity index (χ4v) is 3.83. The molecule has 0 radical (unpaired) electrons. The van der Waals surface area contributed by atoms with E-state index < -0.39 is 0 Å². The van der Waals surface area contributed by atoms with Crippen LogP contribution in [0.3, 0.4) is 0 Å². The third-order valence-corrected chi connectivity index (χ3v) is 4.91. The van der Waals surface area contributed by atoms with Crippen molar-refractivity contribution in [2.45, 2.75) is 32.6 Å². The highest BCUT2D eigenvalue weighted by molar-refractivity contribution is 5.62. The molecule has 0 amide bonds. The predicted octanol–water partition coefficient (Wildman–Crippen LogP) is 5.68. The highest BCUT2D eigenvalue weighted by Gasteiger charge is 2.29. The third kappa shape index (κ3) is 5.86. The smallest absolute Gasteiger partial charge is 0.0540 e. The number of benzene rings is 2. The van der Waals surface area contributed by atoms with Crippen molar-refractivity contribution in [1.29, 1.82) is 0 Å². The highest BCUT2D eigenvalue weighted by Crippen LogP contribution is 2.32. The largest absolute Gasteiger partial charge is 0.384 e. The lowest BCUT2D eigenvalue weighted by Gasteiger charge is -2.34. The second-order valence-electron chi connectivity index (χ2n) is 7.04. The molecular formula is C23H33NO2. The maximum absolute atomic E-state index is 5.55. The molecule has 0 aliphatic rings. The molecule has 2 aromatic carbocycles. The number of rotatable bonds is 12. The molecule has 0 N–H and O–H groups in total. The van der Waals surface area contributed by atoms with E-state index in [2.05, 4.69) is 72.5 Å². The molecule has 142 valence electrons. The van der Waals surface area contributed by atoms with Crippen LogP contribution in [-0.4, -0.2) is 34.0 Å². The van der Waals surface area contributed by atoms with E-state index in [1.54, 1.807) is 14.2 Å². The molecule has 26 heavy (non-hydrogen) atoms. The summed E-state index contributed by atoms with van der Waals surface area (Å²) in [6.45, 7) is 4.73. The van der Waals surface area contributed by atoms with Gasteiger partial charge in [0.15, 0.2) is 0 Å². The summed E-state index contributed by atoms with van der Waals surface area (Å²) >= 11 is 0. The Morgan fingerprint density at radius 3 is 1.69 bits per heavy atom. The van der Waals surface area contributed by atoms with Gasteiger partial charge in [-0.1, -0.05) is 49.7 Å². The standard InChI is InChI=1S/C23H33NO2/c1-4-16-23(19-25-2,20-26-3)17-11-18-24(21-12-7-5-8-13-21)22-14-9-6-10-15-22/h5-10,12-15H,4,11,16-20H2,1-3H3. The van der Waals surface area contributed by atoms with Gasteiger partial charge < -0.3 is 14.4 Å². The van der Waals surface area contributed by atoms with Crippen molar-refractivity contribution < 1.29 is 9.47 Å². The van der Waals surface area contributed by atoms with Gasteiger partial charge in [0.2, 0.25) is 0 Å². The van der Waals surface area contributed by atoms with Crippen LogP contribution in [0.25, 0.3) is 0 Å². The Labute approximate surface area is 158 Å². The summed E-state index contributed by atoms with van der Waals surface area (Å²) in [5, 5.41) is 0. The normalized spacial score (nSPS) is 11.5. The molecule has 0 unspecified atom stereocenters. The van der Waals surface area contributed by atoms with Crippen molar-refractivity contribution in [2.75, 3.05) is 38.9 Å². The summed E-state index contributed by atoms with van der Waals surface area (Å²) in [7, 11) is 3.58. The molecule has 3 nitrogen and oxygen atoms in total. The number of hydrogen-bond donors (Lipinski definition) is 0. The topological polar surface area (TPSA) is 21.7 Å². The number of nitrogens with zero attached hydrogens (tertiary/aromatic N) is 1. The van der Waals surface area contributed by atoms with Crippen LogP contribution >= 0.6 is 0 Å². The minimum absolute atomic E-state index is 0.108. The fraction of sp³-hybridized carbons (Fsp3) is 0.478. The van der Waals surface area contributed by atoms with Crippen molar-refractivity contribution >= 4 is 11.4 Å². The molecule has 0 saturated carbocycles. The van der Waals surface area contributed by atoms with Gasteiger partial charge in [0.05, 0.1) is 13.2 Å². The molecular weight excluding hydrogens is 322 g/mol.